The van der Waals surface area contributed by atoms with Gasteiger partial charge in [-0.15, -0.1) is 0 Å². The molecule has 0 aliphatic carbocycles. The molecule has 0 fully saturated rings. The van der Waals surface area contributed by atoms with Crippen LogP contribution in [-0.4, -0.2) is 9.97 Å². The first-order valence-electron chi connectivity index (χ1n) is 3.55. The van der Waals surface area contributed by atoms with Gasteiger partial charge in [0.15, 0.2) is 5.65 Å². The molecule has 0 unspecified atom stereocenters. The summed E-state index contributed by atoms with van der Waals surface area (Å²) in [5.74, 6) is 0.305. The molecule has 2 aromatic heterocycles. The highest BCUT2D eigenvalue weighted by Crippen LogP contribution is 2.22. The SMILES string of the molecule is Nc1nc2nc(Br)ccc2cc1Cl. The highest BCUT2D eigenvalue weighted by Gasteiger charge is 2.02. The van der Waals surface area contributed by atoms with Crippen LogP contribution < -0.4 is 5.73 Å². The van der Waals surface area contributed by atoms with Crippen molar-refractivity contribution in [2.75, 3.05) is 5.73 Å². The molecular formula is C8H5BrClN3. The maximum Gasteiger partial charge on any atom is 0.162 e. The molecule has 0 aliphatic rings. The monoisotopic (exact) mass is 257 g/mol. The Labute approximate surface area is 88.1 Å². The van der Waals surface area contributed by atoms with E-state index in [0.717, 1.165) is 9.99 Å². The van der Waals surface area contributed by atoms with Crippen molar-refractivity contribution in [3.8, 4) is 0 Å². The Hall–Kier alpha value is -0.870. The smallest absolute Gasteiger partial charge is 0.162 e. The number of pyridine rings is 2. The van der Waals surface area contributed by atoms with Gasteiger partial charge in [-0.25, -0.2) is 9.97 Å². The molecule has 0 spiro atoms. The van der Waals surface area contributed by atoms with Gasteiger partial charge in [0, 0.05) is 5.39 Å². The highest BCUT2D eigenvalue weighted by molar-refractivity contribution is 9.10. The Bertz CT molecular complexity index is 472. The Morgan fingerprint density at radius 1 is 1.31 bits per heavy atom. The Morgan fingerprint density at radius 2 is 2.08 bits per heavy atom. The van der Waals surface area contributed by atoms with Crippen LogP contribution in [0.1, 0.15) is 0 Å². The molecular weight excluding hydrogens is 253 g/mol. The van der Waals surface area contributed by atoms with Crippen molar-refractivity contribution >= 4 is 44.4 Å². The summed E-state index contributed by atoms with van der Waals surface area (Å²) in [6.45, 7) is 0. The number of anilines is 1. The fourth-order valence-electron chi connectivity index (χ4n) is 1.02. The zero-order valence-electron chi connectivity index (χ0n) is 6.46. The summed E-state index contributed by atoms with van der Waals surface area (Å²) in [5.41, 5.74) is 6.13. The van der Waals surface area contributed by atoms with Crippen LogP contribution >= 0.6 is 27.5 Å². The first-order valence-corrected chi connectivity index (χ1v) is 4.72. The van der Waals surface area contributed by atoms with E-state index in [1.54, 1.807) is 6.07 Å². The number of hydrogen-bond acceptors (Lipinski definition) is 3. The summed E-state index contributed by atoms with van der Waals surface area (Å²) < 4.78 is 0.731. The predicted molar refractivity (Wildman–Crippen MR) is 56.7 cm³/mol. The van der Waals surface area contributed by atoms with E-state index in [1.165, 1.54) is 0 Å². The van der Waals surface area contributed by atoms with Crippen molar-refractivity contribution < 1.29 is 0 Å². The molecule has 2 rings (SSSR count). The normalized spacial score (nSPS) is 10.6. The summed E-state index contributed by atoms with van der Waals surface area (Å²) in [4.78, 5) is 8.19. The number of aromatic nitrogens is 2. The van der Waals surface area contributed by atoms with Crippen LogP contribution in [0.15, 0.2) is 22.8 Å². The van der Waals surface area contributed by atoms with Crippen LogP contribution in [0.2, 0.25) is 5.02 Å². The summed E-state index contributed by atoms with van der Waals surface area (Å²) in [7, 11) is 0. The quantitative estimate of drug-likeness (QED) is 0.739. The molecule has 2 aromatic rings. The van der Waals surface area contributed by atoms with Gasteiger partial charge in [-0.1, -0.05) is 11.6 Å². The van der Waals surface area contributed by atoms with Gasteiger partial charge >= 0.3 is 0 Å². The molecule has 0 atom stereocenters. The zero-order chi connectivity index (χ0) is 9.42. The maximum absolute atomic E-state index is 5.80. The highest BCUT2D eigenvalue weighted by atomic mass is 79.9. The van der Waals surface area contributed by atoms with E-state index in [2.05, 4.69) is 25.9 Å². The fourth-order valence-corrected chi connectivity index (χ4v) is 1.48. The topological polar surface area (TPSA) is 51.8 Å². The van der Waals surface area contributed by atoms with Gasteiger partial charge < -0.3 is 5.73 Å². The summed E-state index contributed by atoms with van der Waals surface area (Å²) >= 11 is 9.05. The summed E-state index contributed by atoms with van der Waals surface area (Å²) in [6.07, 6.45) is 0. The van der Waals surface area contributed by atoms with Crippen LogP contribution in [0.25, 0.3) is 11.0 Å². The lowest BCUT2D eigenvalue weighted by molar-refractivity contribution is 1.26. The van der Waals surface area contributed by atoms with Crippen molar-refractivity contribution in [2.45, 2.75) is 0 Å². The summed E-state index contributed by atoms with van der Waals surface area (Å²) in [5, 5.41) is 1.33. The van der Waals surface area contributed by atoms with E-state index in [4.69, 9.17) is 17.3 Å². The van der Waals surface area contributed by atoms with Gasteiger partial charge in [0.1, 0.15) is 10.4 Å². The van der Waals surface area contributed by atoms with E-state index in [1.807, 2.05) is 12.1 Å². The third-order valence-electron chi connectivity index (χ3n) is 1.62. The minimum atomic E-state index is 0.305. The van der Waals surface area contributed by atoms with Crippen LogP contribution in [0, 0.1) is 0 Å². The average Bonchev–Trinajstić information content (AvgIpc) is 2.08. The van der Waals surface area contributed by atoms with Gasteiger partial charge in [0.25, 0.3) is 0 Å². The minimum Gasteiger partial charge on any atom is -0.382 e. The van der Waals surface area contributed by atoms with Crippen LogP contribution in [0.5, 0.6) is 0 Å². The van der Waals surface area contributed by atoms with Gasteiger partial charge in [0.05, 0.1) is 5.02 Å². The number of fused-ring (bicyclic) bond motifs is 1. The average molecular weight is 259 g/mol. The third kappa shape index (κ3) is 1.59. The molecule has 2 heterocycles. The molecule has 0 aliphatic heterocycles. The van der Waals surface area contributed by atoms with E-state index >= 15 is 0 Å². The third-order valence-corrected chi connectivity index (χ3v) is 2.37. The zero-order valence-corrected chi connectivity index (χ0v) is 8.80. The standard InChI is InChI=1S/C8H5BrClN3/c9-6-2-1-4-3-5(10)7(11)13-8(4)12-6/h1-3H,(H2,11,12,13). The molecule has 5 heteroatoms. The van der Waals surface area contributed by atoms with E-state index < -0.39 is 0 Å². The molecule has 0 bridgehead atoms. The second-order valence-electron chi connectivity index (χ2n) is 2.54. The molecule has 0 saturated heterocycles. The van der Waals surface area contributed by atoms with Gasteiger partial charge in [0.2, 0.25) is 0 Å². The second kappa shape index (κ2) is 3.12. The molecule has 13 heavy (non-hydrogen) atoms. The molecule has 2 N–H and O–H groups in total. The van der Waals surface area contributed by atoms with Crippen LogP contribution in [0.4, 0.5) is 5.82 Å². The summed E-state index contributed by atoms with van der Waals surface area (Å²) in [6, 6.07) is 5.46. The number of halogens is 2. The molecule has 3 nitrogen and oxygen atoms in total. The molecule has 66 valence electrons. The predicted octanol–water partition coefficient (Wildman–Crippen LogP) is 2.63. The van der Waals surface area contributed by atoms with E-state index in [9.17, 15) is 0 Å². The van der Waals surface area contributed by atoms with Crippen molar-refractivity contribution in [1.29, 1.82) is 0 Å². The number of nitrogen functional groups attached to an aromatic ring is 1. The van der Waals surface area contributed by atoms with Crippen molar-refractivity contribution in [2.24, 2.45) is 0 Å². The minimum absolute atomic E-state index is 0.305. The van der Waals surface area contributed by atoms with Crippen molar-refractivity contribution in [1.82, 2.24) is 9.97 Å². The Morgan fingerprint density at radius 3 is 2.85 bits per heavy atom. The van der Waals surface area contributed by atoms with E-state index in [-0.39, 0.29) is 0 Å². The Kier molecular flexibility index (Phi) is 2.09. The second-order valence-corrected chi connectivity index (χ2v) is 3.76. The lowest BCUT2D eigenvalue weighted by atomic mass is 10.3. The first-order chi connectivity index (χ1) is 6.16. The first kappa shape index (κ1) is 8.72. The van der Waals surface area contributed by atoms with Gasteiger partial charge in [-0.2, -0.15) is 0 Å². The van der Waals surface area contributed by atoms with Crippen LogP contribution in [-0.2, 0) is 0 Å². The van der Waals surface area contributed by atoms with Gasteiger partial charge in [-0.05, 0) is 34.1 Å². The van der Waals surface area contributed by atoms with Gasteiger partial charge in [-0.3, -0.25) is 0 Å². The fraction of sp³-hybridized carbons (Fsp3) is 0. The van der Waals surface area contributed by atoms with Crippen molar-refractivity contribution in [3.05, 3.63) is 27.8 Å². The lowest BCUT2D eigenvalue weighted by Crippen LogP contribution is -1.93. The molecule has 0 amide bonds. The Balaban J connectivity index is 2.81. The molecule has 0 aromatic carbocycles. The number of hydrogen-bond donors (Lipinski definition) is 1. The van der Waals surface area contributed by atoms with E-state index in [0.29, 0.717) is 16.5 Å². The number of rotatable bonds is 0. The maximum atomic E-state index is 5.80. The van der Waals surface area contributed by atoms with Crippen molar-refractivity contribution in [3.63, 3.8) is 0 Å². The number of nitrogens with zero attached hydrogens (tertiary/aromatic N) is 2. The lowest BCUT2D eigenvalue weighted by Gasteiger charge is -2.00. The molecule has 0 saturated carbocycles. The number of nitrogens with two attached hydrogens (primary N) is 1. The molecule has 0 radical (unpaired) electrons. The largest absolute Gasteiger partial charge is 0.382 e. The van der Waals surface area contributed by atoms with Crippen LogP contribution in [0.3, 0.4) is 0 Å².